The van der Waals surface area contributed by atoms with Crippen molar-refractivity contribution < 1.29 is 31.4 Å². The highest BCUT2D eigenvalue weighted by atomic mass is 19.4. The summed E-state index contributed by atoms with van der Waals surface area (Å²) in [7, 11) is 1.25. The highest BCUT2D eigenvalue weighted by molar-refractivity contribution is 5.95. The number of anilines is 2. The summed E-state index contributed by atoms with van der Waals surface area (Å²) in [6.45, 7) is 9.17. The Labute approximate surface area is 252 Å². The van der Waals surface area contributed by atoms with Crippen LogP contribution in [0.15, 0.2) is 6.07 Å². The summed E-state index contributed by atoms with van der Waals surface area (Å²) in [6, 6.07) is 1.26. The number of pyridine rings is 2. The van der Waals surface area contributed by atoms with Gasteiger partial charge in [-0.25, -0.2) is 18.7 Å². The van der Waals surface area contributed by atoms with Gasteiger partial charge >= 0.3 is 12.2 Å². The third kappa shape index (κ3) is 7.92. The monoisotopic (exact) mass is 626 g/mol. The molecule has 242 valence electrons. The number of aromatic nitrogens is 4. The lowest BCUT2D eigenvalue weighted by Crippen LogP contribution is -2.22. The van der Waals surface area contributed by atoms with Crippen molar-refractivity contribution >= 4 is 22.5 Å². The molecule has 15 heteroatoms. The van der Waals surface area contributed by atoms with E-state index in [4.69, 9.17) is 20.9 Å². The van der Waals surface area contributed by atoms with Crippen molar-refractivity contribution in [1.82, 2.24) is 30.2 Å². The lowest BCUT2D eigenvalue weighted by atomic mass is 10.0. The molecule has 3 saturated heterocycles. The van der Waals surface area contributed by atoms with Crippen LogP contribution in [0.3, 0.4) is 0 Å². The van der Waals surface area contributed by atoms with E-state index in [1.807, 2.05) is 6.92 Å². The SMILES string of the molecule is C1CN1.CCCC(C)Oc1nc(-c2cc(N)nc(C)c2C(F)(F)F)c(F)c2nc(OC)nc(N)c12.FC1CC2CCCN2C1. The highest BCUT2D eigenvalue weighted by Crippen LogP contribution is 2.42. The molecule has 3 aliphatic heterocycles. The molecule has 3 unspecified atom stereocenters. The van der Waals surface area contributed by atoms with Crippen molar-refractivity contribution in [3.8, 4) is 23.1 Å². The van der Waals surface area contributed by atoms with E-state index < -0.39 is 40.7 Å². The number of ether oxygens (including phenoxy) is 2. The van der Waals surface area contributed by atoms with Crippen molar-refractivity contribution in [1.29, 1.82) is 0 Å². The fraction of sp³-hybridized carbons (Fsp3) is 0.586. The van der Waals surface area contributed by atoms with Gasteiger partial charge in [0.25, 0.3) is 0 Å². The third-order valence-corrected chi connectivity index (χ3v) is 7.42. The Hall–Kier alpha value is -3.59. The second-order valence-corrected chi connectivity index (χ2v) is 11.0. The zero-order chi connectivity index (χ0) is 32.2. The predicted molar refractivity (Wildman–Crippen MR) is 158 cm³/mol. The first-order valence-corrected chi connectivity index (χ1v) is 14.6. The number of hydrogen-bond acceptors (Lipinski definition) is 10. The molecule has 10 nitrogen and oxygen atoms in total. The van der Waals surface area contributed by atoms with E-state index in [9.17, 15) is 17.6 Å². The van der Waals surface area contributed by atoms with Crippen LogP contribution in [-0.2, 0) is 6.18 Å². The molecule has 0 aromatic carbocycles. The molecule has 5 N–H and O–H groups in total. The van der Waals surface area contributed by atoms with Crippen LogP contribution in [0, 0.1) is 12.7 Å². The van der Waals surface area contributed by atoms with Crippen LogP contribution in [0.25, 0.3) is 22.2 Å². The zero-order valence-electron chi connectivity index (χ0n) is 25.3. The van der Waals surface area contributed by atoms with E-state index in [2.05, 4.69) is 30.2 Å². The van der Waals surface area contributed by atoms with Gasteiger partial charge in [0.05, 0.1) is 24.5 Å². The number of nitrogens with one attached hydrogen (secondary N) is 1. The summed E-state index contributed by atoms with van der Waals surface area (Å²) in [5.74, 6) is -1.77. The molecular formula is C29H39F5N8O2. The molecule has 6 heterocycles. The van der Waals surface area contributed by atoms with Crippen molar-refractivity contribution in [3.05, 3.63) is 23.1 Å². The largest absolute Gasteiger partial charge is 0.474 e. The van der Waals surface area contributed by atoms with E-state index in [-0.39, 0.29) is 40.5 Å². The fourth-order valence-electron chi connectivity index (χ4n) is 5.42. The maximum atomic E-state index is 15.6. The molecule has 0 radical (unpaired) electrons. The quantitative estimate of drug-likeness (QED) is 0.250. The molecule has 0 amide bonds. The average Bonchev–Trinajstić information content (AvgIpc) is 3.69. The van der Waals surface area contributed by atoms with Gasteiger partial charge in [0.15, 0.2) is 5.82 Å². The van der Waals surface area contributed by atoms with Crippen molar-refractivity contribution in [2.45, 2.75) is 77.4 Å². The van der Waals surface area contributed by atoms with E-state index in [1.54, 1.807) is 6.92 Å². The van der Waals surface area contributed by atoms with Gasteiger partial charge in [-0.15, -0.1) is 0 Å². The molecule has 6 rings (SSSR count). The standard InChI is InChI=1S/C20H22F4N6O2.C7H12FN.C2H5N/c1-5-6-8(2)32-18-12-16(29-19(31-4)30-17(12)26)14(21)15(28-18)10-7-11(25)27-9(3)13(10)20(22,23)24;8-6-4-7-2-1-3-9(7)5-6;1-2-3-1/h7-8H,5-6H2,1-4H3,(H2,25,27)(H2,26,29,30);6-7H,1-5H2;3H,1-2H2. The summed E-state index contributed by atoms with van der Waals surface area (Å²) in [4.78, 5) is 17.9. The number of halogens is 5. The Bertz CT molecular complexity index is 1440. The van der Waals surface area contributed by atoms with Crippen LogP contribution >= 0.6 is 0 Å². The van der Waals surface area contributed by atoms with Crippen LogP contribution in [0.4, 0.5) is 33.6 Å². The van der Waals surface area contributed by atoms with Gasteiger partial charge in [0.1, 0.15) is 34.4 Å². The van der Waals surface area contributed by atoms with Gasteiger partial charge in [-0.05, 0) is 52.1 Å². The number of fused-ring (bicyclic) bond motifs is 2. The molecule has 0 spiro atoms. The Kier molecular flexibility index (Phi) is 10.6. The number of hydrogen-bond donors (Lipinski definition) is 3. The van der Waals surface area contributed by atoms with Gasteiger partial charge in [0, 0.05) is 31.2 Å². The summed E-state index contributed by atoms with van der Waals surface area (Å²) in [6.07, 6.45) is -1.04. The van der Waals surface area contributed by atoms with Crippen LogP contribution in [0.2, 0.25) is 0 Å². The Morgan fingerprint density at radius 1 is 1.16 bits per heavy atom. The second-order valence-electron chi connectivity index (χ2n) is 11.0. The predicted octanol–water partition coefficient (Wildman–Crippen LogP) is 5.08. The van der Waals surface area contributed by atoms with Crippen molar-refractivity contribution in [3.63, 3.8) is 0 Å². The maximum Gasteiger partial charge on any atom is 0.418 e. The van der Waals surface area contributed by atoms with Crippen molar-refractivity contribution in [2.24, 2.45) is 0 Å². The topological polar surface area (TPSA) is 147 Å². The molecule has 3 aromatic rings. The van der Waals surface area contributed by atoms with Crippen LogP contribution in [0.1, 0.15) is 57.2 Å². The van der Waals surface area contributed by atoms with E-state index in [1.165, 1.54) is 33.0 Å². The normalized spacial score (nSPS) is 19.8. The van der Waals surface area contributed by atoms with Gasteiger partial charge in [-0.2, -0.15) is 23.1 Å². The summed E-state index contributed by atoms with van der Waals surface area (Å²) < 4.78 is 80.5. The smallest absolute Gasteiger partial charge is 0.418 e. The summed E-state index contributed by atoms with van der Waals surface area (Å²) in [5, 5.41) is 2.93. The van der Waals surface area contributed by atoms with Crippen molar-refractivity contribution in [2.75, 3.05) is 44.8 Å². The minimum atomic E-state index is -4.85. The maximum absolute atomic E-state index is 15.6. The number of nitrogens with two attached hydrogens (primary N) is 2. The van der Waals surface area contributed by atoms with Crippen LogP contribution in [-0.4, -0.2) is 76.4 Å². The molecule has 44 heavy (non-hydrogen) atoms. The molecule has 3 aromatic heterocycles. The van der Waals surface area contributed by atoms with Gasteiger partial charge in [-0.3, -0.25) is 4.90 Å². The highest BCUT2D eigenvalue weighted by Gasteiger charge is 2.38. The average molecular weight is 627 g/mol. The van der Waals surface area contributed by atoms with E-state index >= 15 is 4.39 Å². The molecule has 3 fully saturated rings. The molecule has 0 aliphatic carbocycles. The molecule has 3 aliphatic rings. The first kappa shape index (κ1) is 33.3. The molecular weight excluding hydrogens is 587 g/mol. The lowest BCUT2D eigenvalue weighted by molar-refractivity contribution is -0.137. The Morgan fingerprint density at radius 2 is 1.86 bits per heavy atom. The first-order chi connectivity index (χ1) is 20.8. The number of aryl methyl sites for hydroxylation is 1. The van der Waals surface area contributed by atoms with Gasteiger partial charge < -0.3 is 26.3 Å². The minimum Gasteiger partial charge on any atom is -0.474 e. The van der Waals surface area contributed by atoms with Gasteiger partial charge in [0.2, 0.25) is 5.88 Å². The number of nitrogen functional groups attached to an aromatic ring is 2. The molecule has 3 atom stereocenters. The number of alkyl halides is 4. The lowest BCUT2D eigenvalue weighted by Gasteiger charge is -2.19. The molecule has 0 saturated carbocycles. The summed E-state index contributed by atoms with van der Waals surface area (Å²) in [5.41, 5.74) is 8.41. The number of nitrogens with zero attached hydrogens (tertiary/aromatic N) is 5. The van der Waals surface area contributed by atoms with Crippen LogP contribution < -0.4 is 26.3 Å². The number of methoxy groups -OCH3 is 1. The Morgan fingerprint density at radius 3 is 2.45 bits per heavy atom. The molecule has 0 bridgehead atoms. The number of rotatable bonds is 6. The van der Waals surface area contributed by atoms with Gasteiger partial charge in [-0.1, -0.05) is 13.3 Å². The van der Waals surface area contributed by atoms with E-state index in [0.29, 0.717) is 19.0 Å². The fourth-order valence-corrected chi connectivity index (χ4v) is 5.42. The van der Waals surface area contributed by atoms with Crippen LogP contribution in [0.5, 0.6) is 11.9 Å². The minimum absolute atomic E-state index is 0.0673. The first-order valence-electron chi connectivity index (χ1n) is 14.6. The zero-order valence-corrected chi connectivity index (χ0v) is 25.3. The third-order valence-electron chi connectivity index (χ3n) is 7.42. The Balaban J connectivity index is 0.000000300. The van der Waals surface area contributed by atoms with E-state index in [0.717, 1.165) is 32.4 Å². The summed E-state index contributed by atoms with van der Waals surface area (Å²) >= 11 is 0. The second kappa shape index (κ2) is 14.0.